The van der Waals surface area contributed by atoms with Gasteiger partial charge in [0.05, 0.1) is 51.8 Å². The van der Waals surface area contributed by atoms with Crippen molar-refractivity contribution in [2.24, 2.45) is 0 Å². The topological polar surface area (TPSA) is 71.4 Å². The van der Waals surface area contributed by atoms with Crippen LogP contribution >= 0.6 is 0 Å². The van der Waals surface area contributed by atoms with Crippen molar-refractivity contribution in [1.82, 2.24) is 4.90 Å². The van der Waals surface area contributed by atoms with Gasteiger partial charge in [0.25, 0.3) is 5.91 Å². The minimum atomic E-state index is -0.383. The molecule has 1 N–H and O–H groups in total. The van der Waals surface area contributed by atoms with Crippen molar-refractivity contribution < 1.29 is 24.0 Å². The number of imide groups is 1. The summed E-state index contributed by atoms with van der Waals surface area (Å²) in [5.41, 5.74) is 1.58. The Morgan fingerprint density at radius 1 is 1.03 bits per heavy atom. The van der Waals surface area contributed by atoms with Crippen molar-refractivity contribution in [2.75, 3.05) is 38.2 Å². The highest BCUT2D eigenvalue weighted by atomic mass is 16.5. The fourth-order valence-corrected chi connectivity index (χ4v) is 4.23. The van der Waals surface area contributed by atoms with E-state index in [1.165, 1.54) is 4.90 Å². The average molecular weight is 408 g/mol. The number of carbonyl (C=O) groups is 3. The molecule has 0 spiro atoms. The fraction of sp³-hybridized carbons (Fsp3) is 0.348. The number of amides is 3. The number of anilines is 1. The van der Waals surface area contributed by atoms with Crippen LogP contribution in [0.15, 0.2) is 54.6 Å². The third kappa shape index (κ3) is 4.07. The van der Waals surface area contributed by atoms with Gasteiger partial charge < -0.3 is 14.5 Å². The Labute approximate surface area is 175 Å². The highest BCUT2D eigenvalue weighted by Crippen LogP contribution is 2.24. The van der Waals surface area contributed by atoms with Crippen LogP contribution in [0.2, 0.25) is 0 Å². The zero-order valence-corrected chi connectivity index (χ0v) is 17.0. The first-order valence-corrected chi connectivity index (χ1v) is 10.2. The van der Waals surface area contributed by atoms with Gasteiger partial charge in [0, 0.05) is 0 Å². The van der Waals surface area contributed by atoms with Crippen LogP contribution in [0.5, 0.6) is 5.75 Å². The molecule has 2 heterocycles. The lowest BCUT2D eigenvalue weighted by atomic mass is 10.1. The van der Waals surface area contributed by atoms with Gasteiger partial charge in [0.1, 0.15) is 5.75 Å². The van der Waals surface area contributed by atoms with Gasteiger partial charge in [-0.15, -0.1) is 0 Å². The Bertz CT molecular complexity index is 921. The van der Waals surface area contributed by atoms with Crippen molar-refractivity contribution in [1.29, 1.82) is 0 Å². The highest BCUT2D eigenvalue weighted by Gasteiger charge is 2.46. The van der Waals surface area contributed by atoms with E-state index in [1.807, 2.05) is 35.2 Å². The molecule has 7 nitrogen and oxygen atoms in total. The number of hydrogen-bond acceptors (Lipinski definition) is 4. The number of hydrogen-bond donors (Lipinski definition) is 1. The van der Waals surface area contributed by atoms with E-state index in [2.05, 4.69) is 0 Å². The number of benzene rings is 2. The van der Waals surface area contributed by atoms with Crippen molar-refractivity contribution in [3.8, 4) is 5.75 Å². The molecule has 7 heteroatoms. The number of nitrogens with one attached hydrogen (secondary N) is 1. The SMILES string of the molecule is COc1ccc(N2C(=O)C[C@@H]([NH+]3CCN(C(=O)Cc4ccccc4)CC3)C2=O)cc1. The van der Waals surface area contributed by atoms with Crippen molar-refractivity contribution in [3.05, 3.63) is 60.2 Å². The number of rotatable bonds is 5. The summed E-state index contributed by atoms with van der Waals surface area (Å²) >= 11 is 0. The van der Waals surface area contributed by atoms with Crippen LogP contribution in [-0.4, -0.2) is 62.0 Å². The predicted molar refractivity (Wildman–Crippen MR) is 111 cm³/mol. The number of piperazine rings is 1. The lowest BCUT2D eigenvalue weighted by Gasteiger charge is -2.34. The zero-order valence-electron chi connectivity index (χ0n) is 17.0. The summed E-state index contributed by atoms with van der Waals surface area (Å²) < 4.78 is 5.14. The molecule has 0 saturated carbocycles. The van der Waals surface area contributed by atoms with Crippen molar-refractivity contribution in [3.63, 3.8) is 0 Å². The van der Waals surface area contributed by atoms with E-state index < -0.39 is 0 Å². The summed E-state index contributed by atoms with van der Waals surface area (Å²) in [6.07, 6.45) is 0.598. The number of methoxy groups -OCH3 is 1. The molecule has 0 bridgehead atoms. The first-order valence-electron chi connectivity index (χ1n) is 10.2. The Morgan fingerprint density at radius 2 is 1.70 bits per heavy atom. The van der Waals surface area contributed by atoms with Crippen LogP contribution in [-0.2, 0) is 20.8 Å². The lowest BCUT2D eigenvalue weighted by Crippen LogP contribution is -3.19. The quantitative estimate of drug-likeness (QED) is 0.723. The van der Waals surface area contributed by atoms with Gasteiger partial charge in [-0.1, -0.05) is 30.3 Å². The second kappa shape index (κ2) is 8.67. The lowest BCUT2D eigenvalue weighted by molar-refractivity contribution is -0.918. The van der Waals surface area contributed by atoms with Crippen LogP contribution in [0, 0.1) is 0 Å². The summed E-state index contributed by atoms with van der Waals surface area (Å²) in [7, 11) is 1.57. The number of nitrogens with zero attached hydrogens (tertiary/aromatic N) is 2. The fourth-order valence-electron chi connectivity index (χ4n) is 4.23. The summed E-state index contributed by atoms with van der Waals surface area (Å²) in [6.45, 7) is 2.53. The minimum Gasteiger partial charge on any atom is -0.497 e. The van der Waals surface area contributed by atoms with Gasteiger partial charge in [-0.25, -0.2) is 4.90 Å². The summed E-state index contributed by atoms with van der Waals surface area (Å²) in [5.74, 6) is 0.444. The molecule has 4 rings (SSSR count). The first-order chi connectivity index (χ1) is 14.6. The molecule has 156 valence electrons. The maximum absolute atomic E-state index is 13.0. The van der Waals surface area contributed by atoms with Crippen LogP contribution in [0.25, 0.3) is 0 Å². The minimum absolute atomic E-state index is 0.105. The van der Waals surface area contributed by atoms with Crippen LogP contribution in [0.1, 0.15) is 12.0 Å². The molecule has 1 atom stereocenters. The van der Waals surface area contributed by atoms with Gasteiger partial charge in [-0.3, -0.25) is 14.4 Å². The summed E-state index contributed by atoms with van der Waals surface area (Å²) in [6, 6.07) is 16.3. The van der Waals surface area contributed by atoms with Crippen LogP contribution in [0.4, 0.5) is 5.69 Å². The molecule has 30 heavy (non-hydrogen) atoms. The molecule has 3 amide bonds. The van der Waals surface area contributed by atoms with Gasteiger partial charge in [0.15, 0.2) is 6.04 Å². The maximum atomic E-state index is 13.0. The standard InChI is InChI=1S/C23H25N3O4/c1-30-19-9-7-18(8-10-19)26-22(28)16-20(23(26)29)24-11-13-25(14-12-24)21(27)15-17-5-3-2-4-6-17/h2-10,20H,11-16H2,1H3/p+1/t20-/m1/s1. The summed E-state index contributed by atoms with van der Waals surface area (Å²) in [4.78, 5) is 42.4. The molecule has 2 aromatic carbocycles. The average Bonchev–Trinajstić information content (AvgIpc) is 3.08. The van der Waals surface area contributed by atoms with Gasteiger partial charge >= 0.3 is 0 Å². The van der Waals surface area contributed by atoms with Gasteiger partial charge in [-0.05, 0) is 29.8 Å². The Hall–Kier alpha value is -3.19. The second-order valence-electron chi connectivity index (χ2n) is 7.72. The molecule has 2 aliphatic heterocycles. The molecule has 0 aromatic heterocycles. The van der Waals surface area contributed by atoms with E-state index in [-0.39, 0.29) is 30.2 Å². The molecule has 2 aromatic rings. The van der Waals surface area contributed by atoms with E-state index in [1.54, 1.807) is 31.4 Å². The Kier molecular flexibility index (Phi) is 5.81. The van der Waals surface area contributed by atoms with Crippen molar-refractivity contribution in [2.45, 2.75) is 18.9 Å². The molecule has 2 saturated heterocycles. The first kappa shape index (κ1) is 20.1. The Balaban J connectivity index is 1.36. The molecule has 2 aliphatic rings. The molecule has 0 radical (unpaired) electrons. The van der Waals surface area contributed by atoms with Gasteiger partial charge in [-0.2, -0.15) is 0 Å². The molecular formula is C23H26N3O4+. The Morgan fingerprint density at radius 3 is 2.33 bits per heavy atom. The van der Waals surface area contributed by atoms with Crippen LogP contribution < -0.4 is 14.5 Å². The zero-order chi connectivity index (χ0) is 21.1. The van der Waals surface area contributed by atoms with E-state index in [4.69, 9.17) is 4.74 Å². The van der Waals surface area contributed by atoms with E-state index in [9.17, 15) is 14.4 Å². The van der Waals surface area contributed by atoms with Gasteiger partial charge in [0.2, 0.25) is 11.8 Å². The largest absolute Gasteiger partial charge is 0.497 e. The molecule has 0 aliphatic carbocycles. The number of ether oxygens (including phenoxy) is 1. The van der Waals surface area contributed by atoms with E-state index >= 15 is 0 Å². The summed E-state index contributed by atoms with van der Waals surface area (Å²) in [5, 5.41) is 0. The molecule has 2 fully saturated rings. The van der Waals surface area contributed by atoms with Crippen molar-refractivity contribution >= 4 is 23.4 Å². The number of carbonyl (C=O) groups excluding carboxylic acids is 3. The maximum Gasteiger partial charge on any atom is 0.292 e. The second-order valence-corrected chi connectivity index (χ2v) is 7.72. The third-order valence-corrected chi connectivity index (χ3v) is 5.93. The highest BCUT2D eigenvalue weighted by molar-refractivity contribution is 6.21. The van der Waals surface area contributed by atoms with Crippen LogP contribution in [0.3, 0.4) is 0 Å². The molecule has 0 unspecified atom stereocenters. The van der Waals surface area contributed by atoms with E-state index in [0.717, 1.165) is 10.5 Å². The predicted octanol–water partition coefficient (Wildman–Crippen LogP) is 0.297. The number of quaternary nitrogens is 1. The smallest absolute Gasteiger partial charge is 0.292 e. The third-order valence-electron chi connectivity index (χ3n) is 5.93. The normalized spacial score (nSPS) is 20.0. The molecular weight excluding hydrogens is 382 g/mol. The van der Waals surface area contributed by atoms with E-state index in [0.29, 0.717) is 44.0 Å². The monoisotopic (exact) mass is 408 g/mol.